The van der Waals surface area contributed by atoms with E-state index >= 15 is 0 Å². The summed E-state index contributed by atoms with van der Waals surface area (Å²) in [5, 5.41) is 5.01. The molecule has 0 aliphatic rings. The Morgan fingerprint density at radius 2 is 1.62 bits per heavy atom. The van der Waals surface area contributed by atoms with Gasteiger partial charge in [-0.25, -0.2) is 13.1 Å². The average molecular weight is 390 g/mol. The molecule has 0 unspecified atom stereocenters. The number of hydrogen-bond donors (Lipinski definition) is 1. The summed E-state index contributed by atoms with van der Waals surface area (Å²) in [6.45, 7) is 7.36. The van der Waals surface area contributed by atoms with E-state index in [0.29, 0.717) is 22.1 Å². The third-order valence-corrected chi connectivity index (χ3v) is 6.21. The lowest BCUT2D eigenvalue weighted by molar-refractivity contribution is 0.600. The number of aromatic nitrogens is 2. The number of sulfonamides is 1. The molecule has 0 saturated carbocycles. The molecule has 1 heterocycles. The molecule has 2 aromatic carbocycles. The van der Waals surface area contributed by atoms with E-state index < -0.39 is 10.0 Å². The van der Waals surface area contributed by atoms with Gasteiger partial charge in [-0.05, 0) is 75.2 Å². The van der Waals surface area contributed by atoms with Crippen LogP contribution in [0.2, 0.25) is 5.02 Å². The minimum atomic E-state index is -3.76. The second-order valence-corrected chi connectivity index (χ2v) is 8.35. The first-order valence-electron chi connectivity index (χ1n) is 8.11. The van der Waals surface area contributed by atoms with E-state index in [-0.39, 0.29) is 4.90 Å². The third-order valence-electron chi connectivity index (χ3n) is 4.32. The first kappa shape index (κ1) is 18.5. The molecule has 3 aromatic rings. The molecule has 0 spiro atoms. The van der Waals surface area contributed by atoms with Gasteiger partial charge >= 0.3 is 0 Å². The molecular formula is C19H20ClN3O2S. The summed E-state index contributed by atoms with van der Waals surface area (Å²) in [5.41, 5.74) is 4.40. The number of anilines is 1. The summed E-state index contributed by atoms with van der Waals surface area (Å²) >= 11 is 5.93. The fourth-order valence-electron chi connectivity index (χ4n) is 2.86. The summed E-state index contributed by atoms with van der Waals surface area (Å²) < 4.78 is 30.2. The number of nitrogens with zero attached hydrogens (tertiary/aromatic N) is 2. The molecule has 0 saturated heterocycles. The van der Waals surface area contributed by atoms with Crippen molar-refractivity contribution in [3.05, 3.63) is 70.0 Å². The summed E-state index contributed by atoms with van der Waals surface area (Å²) in [7, 11) is -3.76. The number of halogens is 1. The first-order valence-corrected chi connectivity index (χ1v) is 9.97. The normalized spacial score (nSPS) is 11.6. The predicted molar refractivity (Wildman–Crippen MR) is 105 cm³/mol. The van der Waals surface area contributed by atoms with E-state index in [0.717, 1.165) is 16.8 Å². The highest BCUT2D eigenvalue weighted by atomic mass is 35.5. The third kappa shape index (κ3) is 3.48. The summed E-state index contributed by atoms with van der Waals surface area (Å²) in [5.74, 6) is 0. The highest BCUT2D eigenvalue weighted by Crippen LogP contribution is 2.26. The molecule has 3 rings (SSSR count). The maximum Gasteiger partial charge on any atom is 0.265 e. The van der Waals surface area contributed by atoms with Gasteiger partial charge in [0.25, 0.3) is 10.0 Å². The topological polar surface area (TPSA) is 64.0 Å². The van der Waals surface area contributed by atoms with Gasteiger partial charge in [-0.15, -0.1) is 0 Å². The zero-order valence-corrected chi connectivity index (χ0v) is 16.6. The van der Waals surface area contributed by atoms with E-state index in [9.17, 15) is 8.42 Å². The molecule has 1 N–H and O–H groups in total. The van der Waals surface area contributed by atoms with Gasteiger partial charge in [-0.1, -0.05) is 17.7 Å². The molecule has 0 bridgehead atoms. The highest BCUT2D eigenvalue weighted by Gasteiger charge is 2.25. The molecule has 0 aliphatic heterocycles. The van der Waals surface area contributed by atoms with Gasteiger partial charge in [0.1, 0.15) is 4.90 Å². The SMILES string of the molecule is Cc1ccc(NS(=O)(=O)c2c(C)nn(-c3ccc(Cl)cc3)c2C)cc1C. The molecule has 0 fully saturated rings. The van der Waals surface area contributed by atoms with Gasteiger partial charge in [-0.3, -0.25) is 4.72 Å². The van der Waals surface area contributed by atoms with Gasteiger partial charge < -0.3 is 0 Å². The summed E-state index contributed by atoms with van der Waals surface area (Å²) in [4.78, 5) is 0.186. The Morgan fingerprint density at radius 1 is 0.962 bits per heavy atom. The van der Waals surface area contributed by atoms with E-state index in [4.69, 9.17) is 11.6 Å². The van der Waals surface area contributed by atoms with Crippen LogP contribution in [0.4, 0.5) is 5.69 Å². The lowest BCUT2D eigenvalue weighted by atomic mass is 10.1. The van der Waals surface area contributed by atoms with Crippen LogP contribution in [0.25, 0.3) is 5.69 Å². The average Bonchev–Trinajstić information content (AvgIpc) is 2.87. The van der Waals surface area contributed by atoms with E-state index in [1.54, 1.807) is 48.9 Å². The van der Waals surface area contributed by atoms with Gasteiger partial charge in [0.15, 0.2) is 0 Å². The van der Waals surface area contributed by atoms with Crippen molar-refractivity contribution in [1.29, 1.82) is 0 Å². The number of aryl methyl sites for hydroxylation is 3. The molecule has 7 heteroatoms. The number of rotatable bonds is 4. The van der Waals surface area contributed by atoms with Crippen LogP contribution in [-0.4, -0.2) is 18.2 Å². The zero-order valence-electron chi connectivity index (χ0n) is 15.0. The Balaban J connectivity index is 2.02. The van der Waals surface area contributed by atoms with Gasteiger partial charge in [0.2, 0.25) is 0 Å². The molecule has 26 heavy (non-hydrogen) atoms. The van der Waals surface area contributed by atoms with Crippen molar-refractivity contribution in [3.8, 4) is 5.69 Å². The van der Waals surface area contributed by atoms with Crippen molar-refractivity contribution in [1.82, 2.24) is 9.78 Å². The van der Waals surface area contributed by atoms with Crippen LogP contribution in [0.15, 0.2) is 47.4 Å². The lowest BCUT2D eigenvalue weighted by Gasteiger charge is -2.10. The number of nitrogens with one attached hydrogen (secondary N) is 1. The fraction of sp³-hybridized carbons (Fsp3) is 0.211. The molecule has 5 nitrogen and oxygen atoms in total. The molecule has 0 aliphatic carbocycles. The molecule has 136 valence electrons. The second kappa shape index (κ2) is 6.78. The van der Waals surface area contributed by atoms with Crippen LogP contribution >= 0.6 is 11.6 Å². The van der Waals surface area contributed by atoms with Crippen molar-refractivity contribution in [2.75, 3.05) is 4.72 Å². The van der Waals surface area contributed by atoms with Crippen molar-refractivity contribution in [2.45, 2.75) is 32.6 Å². The maximum atomic E-state index is 13.0. The summed E-state index contributed by atoms with van der Waals surface area (Å²) in [6.07, 6.45) is 0. The zero-order chi connectivity index (χ0) is 19.1. The van der Waals surface area contributed by atoms with Crippen LogP contribution in [-0.2, 0) is 10.0 Å². The second-order valence-electron chi connectivity index (χ2n) is 6.29. The smallest absolute Gasteiger partial charge is 0.265 e. The van der Waals surface area contributed by atoms with E-state index in [2.05, 4.69) is 9.82 Å². The molecule has 0 atom stereocenters. The minimum Gasteiger partial charge on any atom is -0.280 e. The standard InChI is InChI=1S/C19H20ClN3O2S/c1-12-5-8-17(11-13(12)2)22-26(24,25)19-14(3)21-23(15(19)4)18-9-6-16(20)7-10-18/h5-11,22H,1-4H3. The lowest BCUT2D eigenvalue weighted by Crippen LogP contribution is -2.15. The fourth-order valence-corrected chi connectivity index (χ4v) is 4.43. The van der Waals surface area contributed by atoms with Gasteiger partial charge in [-0.2, -0.15) is 5.10 Å². The molecular weight excluding hydrogens is 370 g/mol. The van der Waals surface area contributed by atoms with Crippen LogP contribution < -0.4 is 4.72 Å². The van der Waals surface area contributed by atoms with E-state index in [1.807, 2.05) is 26.0 Å². The highest BCUT2D eigenvalue weighted by molar-refractivity contribution is 7.92. The van der Waals surface area contributed by atoms with Crippen LogP contribution in [0.1, 0.15) is 22.5 Å². The Hall–Kier alpha value is -2.31. The van der Waals surface area contributed by atoms with Crippen molar-refractivity contribution in [3.63, 3.8) is 0 Å². The first-order chi connectivity index (χ1) is 12.2. The van der Waals surface area contributed by atoms with Crippen molar-refractivity contribution < 1.29 is 8.42 Å². The number of hydrogen-bond acceptors (Lipinski definition) is 3. The van der Waals surface area contributed by atoms with Crippen molar-refractivity contribution in [2.24, 2.45) is 0 Å². The van der Waals surface area contributed by atoms with Crippen LogP contribution in [0, 0.1) is 27.7 Å². The largest absolute Gasteiger partial charge is 0.280 e. The quantitative estimate of drug-likeness (QED) is 0.711. The maximum absolute atomic E-state index is 13.0. The van der Waals surface area contributed by atoms with Gasteiger partial charge in [0.05, 0.1) is 17.1 Å². The summed E-state index contributed by atoms with van der Waals surface area (Å²) in [6, 6.07) is 12.6. The minimum absolute atomic E-state index is 0.186. The molecule has 1 aromatic heterocycles. The Labute approximate surface area is 158 Å². The predicted octanol–water partition coefficient (Wildman–Crippen LogP) is 4.56. The molecule has 0 radical (unpaired) electrons. The monoisotopic (exact) mass is 389 g/mol. The van der Waals surface area contributed by atoms with Crippen molar-refractivity contribution >= 4 is 27.3 Å². The molecule has 0 amide bonds. The Kier molecular flexibility index (Phi) is 4.82. The Bertz CT molecular complexity index is 1070. The van der Waals surface area contributed by atoms with E-state index in [1.165, 1.54) is 0 Å². The Morgan fingerprint density at radius 3 is 2.23 bits per heavy atom. The van der Waals surface area contributed by atoms with Gasteiger partial charge in [0, 0.05) is 10.7 Å². The van der Waals surface area contributed by atoms with Crippen LogP contribution in [0.3, 0.4) is 0 Å². The number of benzene rings is 2. The van der Waals surface area contributed by atoms with Crippen LogP contribution in [0.5, 0.6) is 0 Å².